The quantitative estimate of drug-likeness (QED) is 0.795. The van der Waals surface area contributed by atoms with Gasteiger partial charge in [0.2, 0.25) is 0 Å². The zero-order valence-electron chi connectivity index (χ0n) is 13.9. The molecule has 0 aromatic carbocycles. The first kappa shape index (κ1) is 16.3. The lowest BCUT2D eigenvalue weighted by Gasteiger charge is -2.45. The highest BCUT2D eigenvalue weighted by atomic mass is 16.3. The van der Waals surface area contributed by atoms with Gasteiger partial charge in [-0.1, -0.05) is 33.1 Å². The Hall–Kier alpha value is -0.0800. The number of fused-ring (bicyclic) bond motifs is 1. The summed E-state index contributed by atoms with van der Waals surface area (Å²) in [5, 5.41) is 20.1. The molecule has 2 N–H and O–H groups in total. The van der Waals surface area contributed by atoms with Crippen molar-refractivity contribution in [3.8, 4) is 0 Å². The second kappa shape index (κ2) is 5.96. The van der Waals surface area contributed by atoms with Crippen LogP contribution in [0.3, 0.4) is 0 Å². The van der Waals surface area contributed by atoms with E-state index in [4.69, 9.17) is 0 Å². The van der Waals surface area contributed by atoms with E-state index in [9.17, 15) is 10.2 Å². The Kier molecular flexibility index (Phi) is 4.86. The summed E-state index contributed by atoms with van der Waals surface area (Å²) in [5.41, 5.74) is -0.158. The lowest BCUT2D eigenvalue weighted by molar-refractivity contribution is -0.0283. The van der Waals surface area contributed by atoms with E-state index >= 15 is 0 Å². The van der Waals surface area contributed by atoms with Crippen LogP contribution in [0.4, 0.5) is 0 Å². The third-order valence-corrected chi connectivity index (χ3v) is 6.30. The van der Waals surface area contributed by atoms with Gasteiger partial charge >= 0.3 is 0 Å². The maximum Gasteiger partial charge on any atom is 0.0591 e. The van der Waals surface area contributed by atoms with Crippen LogP contribution < -0.4 is 0 Å². The van der Waals surface area contributed by atoms with Crippen molar-refractivity contribution in [1.29, 1.82) is 0 Å². The van der Waals surface area contributed by atoms with Crippen molar-refractivity contribution >= 4 is 0 Å². The maximum absolute atomic E-state index is 10.3. The smallest absolute Gasteiger partial charge is 0.0591 e. The predicted molar refractivity (Wildman–Crippen MR) is 83.5 cm³/mol. The topological polar surface area (TPSA) is 40.5 Å². The van der Waals surface area contributed by atoms with Crippen LogP contribution in [0.2, 0.25) is 0 Å². The van der Waals surface area contributed by atoms with E-state index in [1.165, 1.54) is 32.1 Å². The molecule has 0 spiro atoms. The molecule has 2 aliphatic carbocycles. The number of rotatable bonds is 5. The minimum absolute atomic E-state index is 0.0534. The summed E-state index contributed by atoms with van der Waals surface area (Å²) in [6.45, 7) is 8.64. The molecule has 118 valence electrons. The highest BCUT2D eigenvalue weighted by Gasteiger charge is 2.51. The summed E-state index contributed by atoms with van der Waals surface area (Å²) >= 11 is 0. The molecule has 2 fully saturated rings. The van der Waals surface area contributed by atoms with E-state index in [0.29, 0.717) is 11.3 Å². The Morgan fingerprint density at radius 1 is 1.25 bits per heavy atom. The Bertz CT molecular complexity index is 320. The second-order valence-corrected chi connectivity index (χ2v) is 8.44. The molecular weight excluding hydrogens is 248 g/mol. The van der Waals surface area contributed by atoms with E-state index in [0.717, 1.165) is 31.1 Å². The lowest BCUT2D eigenvalue weighted by Crippen LogP contribution is -2.41. The molecule has 2 saturated carbocycles. The molecule has 1 unspecified atom stereocenters. The van der Waals surface area contributed by atoms with Crippen LogP contribution >= 0.6 is 0 Å². The van der Waals surface area contributed by atoms with Gasteiger partial charge in [-0.2, -0.15) is 0 Å². The van der Waals surface area contributed by atoms with Crippen LogP contribution in [0.5, 0.6) is 0 Å². The molecule has 2 aliphatic rings. The van der Waals surface area contributed by atoms with Crippen molar-refractivity contribution in [2.75, 3.05) is 0 Å². The molecule has 2 nitrogen and oxygen atoms in total. The molecule has 0 saturated heterocycles. The predicted octanol–water partition coefficient (Wildman–Crippen LogP) is 4.14. The van der Waals surface area contributed by atoms with Gasteiger partial charge in [0, 0.05) is 0 Å². The zero-order chi connectivity index (χ0) is 15.0. The first-order valence-electron chi connectivity index (χ1n) is 8.64. The summed E-state index contributed by atoms with van der Waals surface area (Å²) < 4.78 is 0. The van der Waals surface area contributed by atoms with Crippen LogP contribution in [0.1, 0.15) is 79.1 Å². The molecule has 0 heterocycles. The van der Waals surface area contributed by atoms with Crippen LogP contribution in [0.15, 0.2) is 0 Å². The Morgan fingerprint density at radius 2 is 1.95 bits per heavy atom. The highest BCUT2D eigenvalue weighted by Crippen LogP contribution is 2.58. The van der Waals surface area contributed by atoms with Crippen LogP contribution in [-0.4, -0.2) is 21.9 Å². The second-order valence-electron chi connectivity index (χ2n) is 8.44. The van der Waals surface area contributed by atoms with Crippen molar-refractivity contribution in [1.82, 2.24) is 0 Å². The molecule has 20 heavy (non-hydrogen) atoms. The monoisotopic (exact) mass is 282 g/mol. The summed E-state index contributed by atoms with van der Waals surface area (Å²) in [6.07, 6.45) is 9.20. The third kappa shape index (κ3) is 3.39. The number of aliphatic hydroxyl groups is 2. The standard InChI is InChI=1S/C18H34O2/c1-13(7-5-11-17(2,3)20)14-9-10-15-16(19)8-6-12-18(14,15)4/h13-16,19-20H,5-12H2,1-4H3/t13-,14-,15?,16+,18-/m1/s1. The minimum Gasteiger partial charge on any atom is -0.393 e. The fraction of sp³-hybridized carbons (Fsp3) is 1.00. The maximum atomic E-state index is 10.3. The van der Waals surface area contributed by atoms with Crippen molar-refractivity contribution in [2.24, 2.45) is 23.2 Å². The van der Waals surface area contributed by atoms with Gasteiger partial charge in [0.05, 0.1) is 11.7 Å². The Balaban J connectivity index is 1.92. The molecule has 2 heteroatoms. The molecule has 0 amide bonds. The van der Waals surface area contributed by atoms with Gasteiger partial charge in [-0.25, -0.2) is 0 Å². The largest absolute Gasteiger partial charge is 0.393 e. The van der Waals surface area contributed by atoms with E-state index in [2.05, 4.69) is 13.8 Å². The molecule has 0 bridgehead atoms. The highest BCUT2D eigenvalue weighted by molar-refractivity contribution is 5.01. The summed E-state index contributed by atoms with van der Waals surface area (Å²) in [7, 11) is 0. The summed E-state index contributed by atoms with van der Waals surface area (Å²) in [5.74, 6) is 2.03. The summed E-state index contributed by atoms with van der Waals surface area (Å²) in [4.78, 5) is 0. The fourth-order valence-corrected chi connectivity index (χ4v) is 5.18. The SMILES string of the molecule is C[C@H](CCCC(C)(C)O)[C@H]1CCC2[C@@H](O)CCC[C@@]21C. The number of hydrogen-bond donors (Lipinski definition) is 2. The van der Waals surface area contributed by atoms with Gasteiger partial charge in [0.15, 0.2) is 0 Å². The molecule has 0 aliphatic heterocycles. The van der Waals surface area contributed by atoms with Crippen molar-refractivity contribution in [3.63, 3.8) is 0 Å². The Labute approximate surface area is 125 Å². The zero-order valence-corrected chi connectivity index (χ0v) is 13.9. The molecule has 0 aromatic rings. The van der Waals surface area contributed by atoms with Crippen molar-refractivity contribution in [3.05, 3.63) is 0 Å². The van der Waals surface area contributed by atoms with Crippen LogP contribution in [-0.2, 0) is 0 Å². The first-order valence-corrected chi connectivity index (χ1v) is 8.64. The third-order valence-electron chi connectivity index (χ3n) is 6.30. The van der Waals surface area contributed by atoms with E-state index in [1.807, 2.05) is 13.8 Å². The summed E-state index contributed by atoms with van der Waals surface area (Å²) in [6, 6.07) is 0. The Morgan fingerprint density at radius 3 is 2.60 bits per heavy atom. The van der Waals surface area contributed by atoms with E-state index < -0.39 is 5.60 Å². The molecule has 0 aromatic heterocycles. The molecule has 5 atom stereocenters. The molecular formula is C18H34O2. The average Bonchev–Trinajstić information content (AvgIpc) is 2.66. The van der Waals surface area contributed by atoms with Crippen LogP contribution in [0.25, 0.3) is 0 Å². The van der Waals surface area contributed by atoms with Crippen LogP contribution in [0, 0.1) is 23.2 Å². The lowest BCUT2D eigenvalue weighted by atomic mass is 9.61. The van der Waals surface area contributed by atoms with Gasteiger partial charge in [-0.3, -0.25) is 0 Å². The van der Waals surface area contributed by atoms with Gasteiger partial charge in [-0.15, -0.1) is 0 Å². The first-order chi connectivity index (χ1) is 9.24. The van der Waals surface area contributed by atoms with E-state index in [-0.39, 0.29) is 6.10 Å². The molecule has 0 radical (unpaired) electrons. The van der Waals surface area contributed by atoms with E-state index in [1.54, 1.807) is 0 Å². The molecule has 2 rings (SSSR count). The van der Waals surface area contributed by atoms with Crippen molar-refractivity contribution in [2.45, 2.75) is 90.8 Å². The van der Waals surface area contributed by atoms with Gasteiger partial charge in [-0.05, 0) is 69.1 Å². The van der Waals surface area contributed by atoms with Gasteiger partial charge in [0.25, 0.3) is 0 Å². The normalized spacial score (nSPS) is 39.6. The number of aliphatic hydroxyl groups excluding tert-OH is 1. The van der Waals surface area contributed by atoms with Gasteiger partial charge < -0.3 is 10.2 Å². The fourth-order valence-electron chi connectivity index (χ4n) is 5.18. The van der Waals surface area contributed by atoms with Gasteiger partial charge in [0.1, 0.15) is 0 Å². The average molecular weight is 282 g/mol. The minimum atomic E-state index is -0.525. The van der Waals surface area contributed by atoms with Crippen molar-refractivity contribution < 1.29 is 10.2 Å². The number of hydrogen-bond acceptors (Lipinski definition) is 2.